The van der Waals surface area contributed by atoms with Gasteiger partial charge < -0.3 is 19.9 Å². The molecule has 0 aliphatic heterocycles. The van der Waals surface area contributed by atoms with E-state index in [1.54, 1.807) is 0 Å². The molecule has 1 fully saturated rings. The van der Waals surface area contributed by atoms with E-state index in [-0.39, 0.29) is 6.04 Å². The van der Waals surface area contributed by atoms with E-state index in [1.807, 2.05) is 32.9 Å². The van der Waals surface area contributed by atoms with Crippen molar-refractivity contribution in [2.45, 2.75) is 39.7 Å². The fraction of sp³-hybridized carbons (Fsp3) is 0.625. The summed E-state index contributed by atoms with van der Waals surface area (Å²) in [5, 5.41) is 0. The molecule has 1 aliphatic rings. The first-order valence-electron chi connectivity index (χ1n) is 7.53. The maximum Gasteiger partial charge on any atom is 0.203 e. The van der Waals surface area contributed by atoms with Gasteiger partial charge in [0, 0.05) is 6.04 Å². The molecule has 0 saturated heterocycles. The molecule has 0 aromatic heterocycles. The number of nitrogens with two attached hydrogens (primary N) is 1. The molecule has 1 atom stereocenters. The Morgan fingerprint density at radius 3 is 1.90 bits per heavy atom. The highest BCUT2D eigenvalue weighted by molar-refractivity contribution is 5.54. The van der Waals surface area contributed by atoms with E-state index in [0.717, 1.165) is 17.1 Å². The van der Waals surface area contributed by atoms with Crippen molar-refractivity contribution in [3.05, 3.63) is 17.7 Å². The third-order valence-electron chi connectivity index (χ3n) is 3.45. The van der Waals surface area contributed by atoms with Crippen LogP contribution in [0.15, 0.2) is 12.1 Å². The van der Waals surface area contributed by atoms with Crippen LogP contribution < -0.4 is 19.9 Å². The van der Waals surface area contributed by atoms with Crippen LogP contribution in [-0.2, 0) is 0 Å². The Morgan fingerprint density at radius 1 is 1.00 bits per heavy atom. The zero-order valence-corrected chi connectivity index (χ0v) is 12.6. The number of hydrogen-bond acceptors (Lipinski definition) is 4. The fourth-order valence-electron chi connectivity index (χ4n) is 2.33. The van der Waals surface area contributed by atoms with E-state index in [0.29, 0.717) is 31.5 Å². The van der Waals surface area contributed by atoms with E-state index >= 15 is 0 Å². The first-order valence-corrected chi connectivity index (χ1v) is 7.53. The van der Waals surface area contributed by atoms with Crippen molar-refractivity contribution in [2.75, 3.05) is 19.8 Å². The van der Waals surface area contributed by atoms with Gasteiger partial charge in [0.2, 0.25) is 5.75 Å². The SMILES string of the molecule is CCOc1cc(C(N)C2CC2)cc(OCC)c1OCC. The van der Waals surface area contributed by atoms with Crippen molar-refractivity contribution in [3.63, 3.8) is 0 Å². The quantitative estimate of drug-likeness (QED) is 0.793. The molecule has 112 valence electrons. The lowest BCUT2D eigenvalue weighted by atomic mass is 10.0. The van der Waals surface area contributed by atoms with Gasteiger partial charge in [-0.3, -0.25) is 0 Å². The van der Waals surface area contributed by atoms with Crippen LogP contribution in [0.4, 0.5) is 0 Å². The maximum atomic E-state index is 6.30. The zero-order chi connectivity index (χ0) is 14.5. The Balaban J connectivity index is 2.38. The number of rotatable bonds is 8. The van der Waals surface area contributed by atoms with Crippen molar-refractivity contribution >= 4 is 0 Å². The predicted octanol–water partition coefficient (Wildman–Crippen LogP) is 3.29. The molecule has 2 N–H and O–H groups in total. The molecule has 0 amide bonds. The summed E-state index contributed by atoms with van der Waals surface area (Å²) in [5.74, 6) is 2.73. The molecule has 0 bridgehead atoms. The van der Waals surface area contributed by atoms with Crippen LogP contribution in [0.2, 0.25) is 0 Å². The Morgan fingerprint density at radius 2 is 1.50 bits per heavy atom. The van der Waals surface area contributed by atoms with Crippen LogP contribution in [0, 0.1) is 5.92 Å². The molecule has 1 aromatic rings. The minimum absolute atomic E-state index is 0.0593. The summed E-state index contributed by atoms with van der Waals surface area (Å²) in [6, 6.07) is 4.06. The summed E-state index contributed by atoms with van der Waals surface area (Å²) < 4.78 is 17.1. The third kappa shape index (κ3) is 3.37. The van der Waals surface area contributed by atoms with Crippen LogP contribution in [-0.4, -0.2) is 19.8 Å². The van der Waals surface area contributed by atoms with Gasteiger partial charge in [0.15, 0.2) is 11.5 Å². The highest BCUT2D eigenvalue weighted by Crippen LogP contribution is 2.45. The van der Waals surface area contributed by atoms with E-state index in [4.69, 9.17) is 19.9 Å². The van der Waals surface area contributed by atoms with E-state index in [9.17, 15) is 0 Å². The number of benzene rings is 1. The van der Waals surface area contributed by atoms with Gasteiger partial charge in [-0.1, -0.05) is 0 Å². The summed E-state index contributed by atoms with van der Waals surface area (Å²) in [4.78, 5) is 0. The summed E-state index contributed by atoms with van der Waals surface area (Å²) in [6.45, 7) is 7.64. The van der Waals surface area contributed by atoms with Crippen LogP contribution >= 0.6 is 0 Å². The van der Waals surface area contributed by atoms with Crippen LogP contribution in [0.1, 0.15) is 45.2 Å². The average molecular weight is 279 g/mol. The van der Waals surface area contributed by atoms with Crippen LogP contribution in [0.5, 0.6) is 17.2 Å². The second-order valence-corrected chi connectivity index (χ2v) is 5.01. The smallest absolute Gasteiger partial charge is 0.203 e. The van der Waals surface area contributed by atoms with E-state index in [2.05, 4.69) is 0 Å². The molecule has 1 saturated carbocycles. The second-order valence-electron chi connectivity index (χ2n) is 5.01. The molecule has 1 aliphatic carbocycles. The lowest BCUT2D eigenvalue weighted by Crippen LogP contribution is -2.13. The fourth-order valence-corrected chi connectivity index (χ4v) is 2.33. The molecule has 4 nitrogen and oxygen atoms in total. The molecule has 4 heteroatoms. The summed E-state index contributed by atoms with van der Waals surface area (Å²) in [7, 11) is 0. The third-order valence-corrected chi connectivity index (χ3v) is 3.45. The normalized spacial score (nSPS) is 15.8. The van der Waals surface area contributed by atoms with Gasteiger partial charge in [-0.05, 0) is 57.2 Å². The van der Waals surface area contributed by atoms with Gasteiger partial charge in [-0.15, -0.1) is 0 Å². The van der Waals surface area contributed by atoms with Crippen LogP contribution in [0.3, 0.4) is 0 Å². The number of hydrogen-bond donors (Lipinski definition) is 1. The Kier molecular flexibility index (Phi) is 5.12. The Labute approximate surface area is 121 Å². The molecule has 20 heavy (non-hydrogen) atoms. The van der Waals surface area contributed by atoms with Gasteiger partial charge in [0.1, 0.15) is 0 Å². The highest BCUT2D eigenvalue weighted by atomic mass is 16.5. The highest BCUT2D eigenvalue weighted by Gasteiger charge is 2.31. The topological polar surface area (TPSA) is 53.7 Å². The minimum atomic E-state index is 0.0593. The molecular weight excluding hydrogens is 254 g/mol. The summed E-state index contributed by atoms with van der Waals surface area (Å²) >= 11 is 0. The first-order chi connectivity index (χ1) is 9.71. The molecule has 0 heterocycles. The van der Waals surface area contributed by atoms with Gasteiger partial charge in [-0.2, -0.15) is 0 Å². The van der Waals surface area contributed by atoms with E-state index in [1.165, 1.54) is 12.8 Å². The summed E-state index contributed by atoms with van der Waals surface area (Å²) in [6.07, 6.45) is 2.42. The molecule has 1 unspecified atom stereocenters. The second kappa shape index (κ2) is 6.84. The van der Waals surface area contributed by atoms with Gasteiger partial charge in [0.05, 0.1) is 19.8 Å². The first kappa shape index (κ1) is 15.0. The zero-order valence-electron chi connectivity index (χ0n) is 12.6. The molecule has 0 radical (unpaired) electrons. The minimum Gasteiger partial charge on any atom is -0.490 e. The van der Waals surface area contributed by atoms with Crippen molar-refractivity contribution in [1.29, 1.82) is 0 Å². The largest absolute Gasteiger partial charge is 0.490 e. The van der Waals surface area contributed by atoms with Crippen molar-refractivity contribution in [2.24, 2.45) is 11.7 Å². The van der Waals surface area contributed by atoms with E-state index < -0.39 is 0 Å². The monoisotopic (exact) mass is 279 g/mol. The standard InChI is InChI=1S/C16H25NO3/c1-4-18-13-9-12(15(17)11-7-8-11)10-14(19-5-2)16(13)20-6-3/h9-11,15H,4-8,17H2,1-3H3. The number of ether oxygens (including phenoxy) is 3. The average Bonchev–Trinajstić information content (AvgIpc) is 3.26. The van der Waals surface area contributed by atoms with Crippen molar-refractivity contribution < 1.29 is 14.2 Å². The Bertz CT molecular complexity index is 416. The molecule has 0 spiro atoms. The van der Waals surface area contributed by atoms with Gasteiger partial charge in [0.25, 0.3) is 0 Å². The summed E-state index contributed by atoms with van der Waals surface area (Å²) in [5.41, 5.74) is 7.37. The molecular formula is C16H25NO3. The van der Waals surface area contributed by atoms with Gasteiger partial charge >= 0.3 is 0 Å². The molecule has 1 aromatic carbocycles. The van der Waals surface area contributed by atoms with Crippen LogP contribution in [0.25, 0.3) is 0 Å². The molecule has 2 rings (SSSR count). The lowest BCUT2D eigenvalue weighted by Gasteiger charge is -2.19. The van der Waals surface area contributed by atoms with Crippen molar-refractivity contribution in [1.82, 2.24) is 0 Å². The van der Waals surface area contributed by atoms with Gasteiger partial charge in [-0.25, -0.2) is 0 Å². The Hall–Kier alpha value is -1.42. The predicted molar refractivity (Wildman–Crippen MR) is 79.6 cm³/mol. The maximum absolute atomic E-state index is 6.30. The lowest BCUT2D eigenvalue weighted by molar-refractivity contribution is 0.260. The van der Waals surface area contributed by atoms with Crippen molar-refractivity contribution in [3.8, 4) is 17.2 Å².